The van der Waals surface area contributed by atoms with E-state index in [1.165, 1.54) is 0 Å². The molecule has 2 rings (SSSR count). The summed E-state index contributed by atoms with van der Waals surface area (Å²) in [5.74, 6) is -1.72. The first-order valence-corrected chi connectivity index (χ1v) is 6.78. The molecule has 1 fully saturated rings. The molecule has 0 bridgehead atoms. The summed E-state index contributed by atoms with van der Waals surface area (Å²) in [6.07, 6.45) is 0.923. The van der Waals surface area contributed by atoms with Crippen LogP contribution in [-0.4, -0.2) is 55.0 Å². The summed E-state index contributed by atoms with van der Waals surface area (Å²) in [5.41, 5.74) is 5.27. The quantitative estimate of drug-likeness (QED) is 0.899. The molecule has 0 aliphatic carbocycles. The summed E-state index contributed by atoms with van der Waals surface area (Å²) in [6.45, 7) is 4.09. The van der Waals surface area contributed by atoms with Crippen LogP contribution >= 0.6 is 0 Å². The van der Waals surface area contributed by atoms with Gasteiger partial charge in [0.15, 0.2) is 0 Å². The molecule has 0 spiro atoms. The van der Waals surface area contributed by atoms with Crippen LogP contribution in [0.25, 0.3) is 0 Å². The van der Waals surface area contributed by atoms with Crippen LogP contribution in [0.5, 0.6) is 0 Å². The van der Waals surface area contributed by atoms with Crippen molar-refractivity contribution in [2.75, 3.05) is 39.3 Å². The molecular formula is C14H19F2N3O. The fourth-order valence-electron chi connectivity index (χ4n) is 2.32. The zero-order valence-electron chi connectivity index (χ0n) is 11.3. The minimum Gasteiger partial charge on any atom is -0.336 e. The average Bonchev–Trinajstić information content (AvgIpc) is 2.47. The summed E-state index contributed by atoms with van der Waals surface area (Å²) in [4.78, 5) is 16.0. The van der Waals surface area contributed by atoms with Crippen molar-refractivity contribution in [2.45, 2.75) is 6.42 Å². The van der Waals surface area contributed by atoms with Gasteiger partial charge in [0.25, 0.3) is 5.91 Å². The van der Waals surface area contributed by atoms with E-state index in [1.54, 1.807) is 4.90 Å². The van der Waals surface area contributed by atoms with Crippen molar-refractivity contribution < 1.29 is 13.6 Å². The van der Waals surface area contributed by atoms with E-state index in [4.69, 9.17) is 5.73 Å². The Balaban J connectivity index is 1.96. The maximum absolute atomic E-state index is 13.6. The first-order chi connectivity index (χ1) is 9.61. The zero-order valence-corrected chi connectivity index (χ0v) is 11.3. The predicted octanol–water partition coefficient (Wildman–Crippen LogP) is 1.07. The number of halogens is 2. The molecule has 4 nitrogen and oxygen atoms in total. The molecule has 0 atom stereocenters. The molecule has 1 amide bonds. The molecule has 1 aromatic rings. The Bertz CT molecular complexity index is 473. The van der Waals surface area contributed by atoms with Crippen molar-refractivity contribution in [3.05, 3.63) is 35.4 Å². The van der Waals surface area contributed by atoms with Crippen molar-refractivity contribution in [1.29, 1.82) is 0 Å². The number of nitrogens with zero attached hydrogens (tertiary/aromatic N) is 2. The molecule has 20 heavy (non-hydrogen) atoms. The third kappa shape index (κ3) is 3.52. The molecule has 0 unspecified atom stereocenters. The minimum absolute atomic E-state index is 0.194. The van der Waals surface area contributed by atoms with Crippen LogP contribution in [0.4, 0.5) is 8.78 Å². The van der Waals surface area contributed by atoms with Crippen molar-refractivity contribution in [3.63, 3.8) is 0 Å². The normalized spacial score (nSPS) is 16.4. The lowest BCUT2D eigenvalue weighted by Crippen LogP contribution is -2.49. The molecule has 0 saturated carbocycles. The summed E-state index contributed by atoms with van der Waals surface area (Å²) in [5, 5.41) is 0. The molecule has 0 radical (unpaired) electrons. The van der Waals surface area contributed by atoms with Crippen LogP contribution in [0.15, 0.2) is 18.2 Å². The van der Waals surface area contributed by atoms with Gasteiger partial charge in [-0.3, -0.25) is 9.69 Å². The van der Waals surface area contributed by atoms with Crippen LogP contribution in [0.3, 0.4) is 0 Å². The topological polar surface area (TPSA) is 49.6 Å². The van der Waals surface area contributed by atoms with Crippen LogP contribution in [0.1, 0.15) is 16.8 Å². The predicted molar refractivity (Wildman–Crippen MR) is 72.4 cm³/mol. The molecule has 1 aliphatic heterocycles. The fraction of sp³-hybridized carbons (Fsp3) is 0.500. The Kier molecular flexibility index (Phi) is 5.03. The summed E-state index contributed by atoms with van der Waals surface area (Å²) < 4.78 is 26.7. The van der Waals surface area contributed by atoms with Crippen LogP contribution in [0, 0.1) is 11.6 Å². The Morgan fingerprint density at radius 1 is 1.20 bits per heavy atom. The van der Waals surface area contributed by atoms with Gasteiger partial charge in [-0.15, -0.1) is 0 Å². The molecule has 1 aliphatic rings. The van der Waals surface area contributed by atoms with E-state index >= 15 is 0 Å². The molecule has 110 valence electrons. The van der Waals surface area contributed by atoms with Crippen molar-refractivity contribution in [3.8, 4) is 0 Å². The molecule has 1 saturated heterocycles. The number of amides is 1. The largest absolute Gasteiger partial charge is 0.336 e. The van der Waals surface area contributed by atoms with Gasteiger partial charge in [-0.25, -0.2) is 8.78 Å². The van der Waals surface area contributed by atoms with E-state index in [0.29, 0.717) is 19.6 Å². The van der Waals surface area contributed by atoms with E-state index in [0.717, 1.165) is 44.3 Å². The maximum Gasteiger partial charge on any atom is 0.257 e. The lowest BCUT2D eigenvalue weighted by molar-refractivity contribution is 0.0631. The molecule has 1 aromatic carbocycles. The third-order valence-electron chi connectivity index (χ3n) is 3.50. The Hall–Kier alpha value is -1.53. The fourth-order valence-corrected chi connectivity index (χ4v) is 2.32. The van der Waals surface area contributed by atoms with Gasteiger partial charge in [-0.1, -0.05) is 0 Å². The van der Waals surface area contributed by atoms with Gasteiger partial charge in [0.2, 0.25) is 0 Å². The Labute approximate surface area is 117 Å². The molecule has 2 N–H and O–H groups in total. The minimum atomic E-state index is -0.679. The van der Waals surface area contributed by atoms with Gasteiger partial charge in [0, 0.05) is 26.2 Å². The smallest absolute Gasteiger partial charge is 0.257 e. The van der Waals surface area contributed by atoms with E-state index in [2.05, 4.69) is 4.90 Å². The molecular weight excluding hydrogens is 264 g/mol. The van der Waals surface area contributed by atoms with Crippen LogP contribution in [-0.2, 0) is 0 Å². The summed E-state index contributed by atoms with van der Waals surface area (Å²) in [6, 6.07) is 2.95. The number of benzene rings is 1. The van der Waals surface area contributed by atoms with Crippen LogP contribution < -0.4 is 5.73 Å². The van der Waals surface area contributed by atoms with Gasteiger partial charge in [-0.05, 0) is 37.7 Å². The molecule has 6 heteroatoms. The first kappa shape index (κ1) is 14.9. The van der Waals surface area contributed by atoms with Gasteiger partial charge in [-0.2, -0.15) is 0 Å². The number of carbonyl (C=O) groups is 1. The van der Waals surface area contributed by atoms with E-state index in [-0.39, 0.29) is 5.56 Å². The highest BCUT2D eigenvalue weighted by Crippen LogP contribution is 2.14. The summed E-state index contributed by atoms with van der Waals surface area (Å²) >= 11 is 0. The second kappa shape index (κ2) is 6.76. The van der Waals surface area contributed by atoms with Crippen molar-refractivity contribution in [2.24, 2.45) is 5.73 Å². The standard InChI is InChI=1S/C14H19F2N3O/c15-11-2-3-13(16)12(10-11)14(20)19-8-6-18(7-9-19)5-1-4-17/h2-3,10H,1,4-9,17H2. The second-order valence-electron chi connectivity index (χ2n) is 4.90. The van der Waals surface area contributed by atoms with Gasteiger partial charge < -0.3 is 10.6 Å². The van der Waals surface area contributed by atoms with Gasteiger partial charge in [0.05, 0.1) is 5.56 Å². The number of carbonyl (C=O) groups excluding carboxylic acids is 1. The van der Waals surface area contributed by atoms with Crippen molar-refractivity contribution >= 4 is 5.91 Å². The number of rotatable bonds is 4. The lowest BCUT2D eigenvalue weighted by atomic mass is 10.1. The Morgan fingerprint density at radius 3 is 2.55 bits per heavy atom. The highest BCUT2D eigenvalue weighted by Gasteiger charge is 2.24. The highest BCUT2D eigenvalue weighted by molar-refractivity contribution is 5.94. The van der Waals surface area contributed by atoms with E-state index in [1.807, 2.05) is 0 Å². The van der Waals surface area contributed by atoms with Crippen molar-refractivity contribution in [1.82, 2.24) is 9.80 Å². The average molecular weight is 283 g/mol. The number of piperazine rings is 1. The van der Waals surface area contributed by atoms with Crippen LogP contribution in [0.2, 0.25) is 0 Å². The highest BCUT2D eigenvalue weighted by atomic mass is 19.1. The van der Waals surface area contributed by atoms with Gasteiger partial charge in [0.1, 0.15) is 11.6 Å². The van der Waals surface area contributed by atoms with Gasteiger partial charge >= 0.3 is 0 Å². The number of hydrogen-bond donors (Lipinski definition) is 1. The third-order valence-corrected chi connectivity index (χ3v) is 3.50. The summed E-state index contributed by atoms with van der Waals surface area (Å²) in [7, 11) is 0. The zero-order chi connectivity index (χ0) is 14.5. The lowest BCUT2D eigenvalue weighted by Gasteiger charge is -2.34. The molecule has 1 heterocycles. The Morgan fingerprint density at radius 2 is 1.90 bits per heavy atom. The van der Waals surface area contributed by atoms with E-state index < -0.39 is 17.5 Å². The molecule has 0 aromatic heterocycles. The second-order valence-corrected chi connectivity index (χ2v) is 4.90. The monoisotopic (exact) mass is 283 g/mol. The maximum atomic E-state index is 13.6. The number of hydrogen-bond acceptors (Lipinski definition) is 3. The first-order valence-electron chi connectivity index (χ1n) is 6.78. The SMILES string of the molecule is NCCCN1CCN(C(=O)c2cc(F)ccc2F)CC1. The van der Waals surface area contributed by atoms with E-state index in [9.17, 15) is 13.6 Å². The number of nitrogens with two attached hydrogens (primary N) is 1.